The van der Waals surface area contributed by atoms with Crippen LogP contribution < -0.4 is 0 Å². The number of nitrogens with zero attached hydrogens (tertiary/aromatic N) is 4. The summed E-state index contributed by atoms with van der Waals surface area (Å²) in [4.78, 5) is 16.5. The van der Waals surface area contributed by atoms with Crippen molar-refractivity contribution in [3.05, 3.63) is 23.4 Å². The van der Waals surface area contributed by atoms with Crippen LogP contribution in [0.1, 0.15) is 25.8 Å². The first kappa shape index (κ1) is 14.2. The molecule has 2 aromatic heterocycles. The molecule has 0 saturated carbocycles. The highest BCUT2D eigenvalue weighted by Gasteiger charge is 2.26. The molecule has 112 valence electrons. The summed E-state index contributed by atoms with van der Waals surface area (Å²) < 4.78 is 5.78. The van der Waals surface area contributed by atoms with Gasteiger partial charge in [-0.1, -0.05) is 6.07 Å². The average Bonchev–Trinajstić information content (AvgIpc) is 3.17. The summed E-state index contributed by atoms with van der Waals surface area (Å²) in [7, 11) is 0. The maximum absolute atomic E-state index is 11.3. The second-order valence-corrected chi connectivity index (χ2v) is 6.09. The zero-order chi connectivity index (χ0) is 14.8. The molecule has 1 fully saturated rings. The lowest BCUT2D eigenvalue weighted by atomic mass is 10.2. The van der Waals surface area contributed by atoms with Crippen molar-refractivity contribution in [1.29, 1.82) is 0 Å². The van der Waals surface area contributed by atoms with Crippen LogP contribution in [0.25, 0.3) is 10.8 Å². The molecule has 0 radical (unpaired) electrons. The minimum absolute atomic E-state index is 0.0697. The fourth-order valence-corrected chi connectivity index (χ4v) is 3.13. The molecule has 0 spiro atoms. The van der Waals surface area contributed by atoms with Crippen LogP contribution in [-0.2, 0) is 4.79 Å². The Bertz CT molecular complexity index is 602. The third-order valence-corrected chi connectivity index (χ3v) is 4.70. The van der Waals surface area contributed by atoms with Crippen molar-refractivity contribution < 1.29 is 9.21 Å². The fraction of sp³-hybridized carbons (Fsp3) is 0.500. The second-order valence-electron chi connectivity index (χ2n) is 5.14. The second kappa shape index (κ2) is 5.95. The lowest BCUT2D eigenvalue weighted by Gasteiger charge is -2.36. The Morgan fingerprint density at radius 1 is 1.33 bits per heavy atom. The standard InChI is InChI=1S/C14H18N4O2S/c1-10(17-5-7-18(8-6-17)11(2)19)13-15-16-14(20-13)12-4-3-9-21-12/h3-4,9-10H,5-8H2,1-2H3. The highest BCUT2D eigenvalue weighted by atomic mass is 32.1. The van der Waals surface area contributed by atoms with Crippen molar-refractivity contribution in [3.8, 4) is 10.8 Å². The van der Waals surface area contributed by atoms with E-state index in [1.807, 2.05) is 22.4 Å². The summed E-state index contributed by atoms with van der Waals surface area (Å²) in [5.41, 5.74) is 0. The average molecular weight is 306 g/mol. The van der Waals surface area contributed by atoms with Crippen LogP contribution in [0.2, 0.25) is 0 Å². The Morgan fingerprint density at radius 2 is 2.10 bits per heavy atom. The summed E-state index contributed by atoms with van der Waals surface area (Å²) in [6, 6.07) is 4.01. The molecule has 1 atom stereocenters. The lowest BCUT2D eigenvalue weighted by Crippen LogP contribution is -2.48. The van der Waals surface area contributed by atoms with E-state index < -0.39 is 0 Å². The van der Waals surface area contributed by atoms with Crippen LogP contribution in [0.15, 0.2) is 21.9 Å². The Kier molecular flexibility index (Phi) is 4.03. The third kappa shape index (κ3) is 2.98. The molecule has 3 heterocycles. The van der Waals surface area contributed by atoms with Gasteiger partial charge in [0.25, 0.3) is 5.89 Å². The fourth-order valence-electron chi connectivity index (χ4n) is 2.48. The minimum Gasteiger partial charge on any atom is -0.418 e. The van der Waals surface area contributed by atoms with E-state index in [2.05, 4.69) is 22.0 Å². The largest absolute Gasteiger partial charge is 0.418 e. The molecule has 1 aliphatic rings. The van der Waals surface area contributed by atoms with Crippen LogP contribution in [0.3, 0.4) is 0 Å². The summed E-state index contributed by atoms with van der Waals surface area (Å²) in [5.74, 6) is 1.35. The molecule has 0 aliphatic carbocycles. The zero-order valence-electron chi connectivity index (χ0n) is 12.2. The van der Waals surface area contributed by atoms with E-state index in [1.54, 1.807) is 18.3 Å². The number of hydrogen-bond donors (Lipinski definition) is 0. The Balaban J connectivity index is 1.66. The van der Waals surface area contributed by atoms with Gasteiger partial charge in [0.2, 0.25) is 11.8 Å². The number of hydrogen-bond acceptors (Lipinski definition) is 6. The van der Waals surface area contributed by atoms with E-state index in [-0.39, 0.29) is 11.9 Å². The molecule has 1 saturated heterocycles. The quantitative estimate of drug-likeness (QED) is 0.868. The van der Waals surface area contributed by atoms with Crippen molar-refractivity contribution in [2.24, 2.45) is 0 Å². The van der Waals surface area contributed by atoms with E-state index in [1.165, 1.54) is 0 Å². The lowest BCUT2D eigenvalue weighted by molar-refractivity contribution is -0.130. The number of carbonyl (C=O) groups excluding carboxylic acids is 1. The van der Waals surface area contributed by atoms with Gasteiger partial charge in [0.15, 0.2) is 0 Å². The molecular weight excluding hydrogens is 288 g/mol. The highest BCUT2D eigenvalue weighted by Crippen LogP contribution is 2.27. The van der Waals surface area contributed by atoms with Crippen molar-refractivity contribution in [3.63, 3.8) is 0 Å². The number of thiophene rings is 1. The van der Waals surface area contributed by atoms with Crippen molar-refractivity contribution in [2.45, 2.75) is 19.9 Å². The first-order valence-electron chi connectivity index (χ1n) is 7.02. The van der Waals surface area contributed by atoms with Gasteiger partial charge in [0.05, 0.1) is 10.9 Å². The summed E-state index contributed by atoms with van der Waals surface area (Å²) in [5, 5.41) is 10.3. The third-order valence-electron chi connectivity index (χ3n) is 3.84. The van der Waals surface area contributed by atoms with Gasteiger partial charge in [-0.05, 0) is 18.4 Å². The first-order valence-corrected chi connectivity index (χ1v) is 7.90. The predicted molar refractivity (Wildman–Crippen MR) is 79.9 cm³/mol. The van der Waals surface area contributed by atoms with Gasteiger partial charge in [0.1, 0.15) is 0 Å². The SMILES string of the molecule is CC(=O)N1CCN(C(C)c2nnc(-c3cccs3)o2)CC1. The maximum atomic E-state index is 11.3. The molecule has 21 heavy (non-hydrogen) atoms. The molecule has 1 amide bonds. The smallest absolute Gasteiger partial charge is 0.257 e. The zero-order valence-corrected chi connectivity index (χ0v) is 13.0. The molecule has 1 unspecified atom stereocenters. The molecule has 2 aromatic rings. The molecule has 6 nitrogen and oxygen atoms in total. The molecular formula is C14H18N4O2S. The molecule has 1 aliphatic heterocycles. The number of amides is 1. The van der Waals surface area contributed by atoms with Crippen LogP contribution >= 0.6 is 11.3 Å². The van der Waals surface area contributed by atoms with Gasteiger partial charge >= 0.3 is 0 Å². The maximum Gasteiger partial charge on any atom is 0.257 e. The molecule has 0 N–H and O–H groups in total. The Labute approximate surface area is 127 Å². The van der Waals surface area contributed by atoms with Gasteiger partial charge in [-0.25, -0.2) is 0 Å². The Hall–Kier alpha value is -1.73. The van der Waals surface area contributed by atoms with Gasteiger partial charge in [-0.2, -0.15) is 0 Å². The number of aromatic nitrogens is 2. The summed E-state index contributed by atoms with van der Waals surface area (Å²) in [6.45, 7) is 6.85. The van der Waals surface area contributed by atoms with Gasteiger partial charge in [0, 0.05) is 33.1 Å². The van der Waals surface area contributed by atoms with Gasteiger partial charge in [-0.3, -0.25) is 9.69 Å². The van der Waals surface area contributed by atoms with E-state index >= 15 is 0 Å². The Morgan fingerprint density at radius 3 is 2.71 bits per heavy atom. The minimum atomic E-state index is 0.0697. The number of carbonyl (C=O) groups is 1. The van der Waals surface area contributed by atoms with Crippen LogP contribution in [0, 0.1) is 0 Å². The monoisotopic (exact) mass is 306 g/mol. The van der Waals surface area contributed by atoms with Crippen LogP contribution in [-0.4, -0.2) is 52.1 Å². The van der Waals surface area contributed by atoms with Crippen molar-refractivity contribution in [2.75, 3.05) is 26.2 Å². The van der Waals surface area contributed by atoms with Crippen LogP contribution in [0.5, 0.6) is 0 Å². The molecule has 3 rings (SSSR count). The van der Waals surface area contributed by atoms with Crippen LogP contribution in [0.4, 0.5) is 0 Å². The van der Waals surface area contributed by atoms with E-state index in [9.17, 15) is 4.79 Å². The molecule has 0 bridgehead atoms. The molecule has 0 aromatic carbocycles. The molecule has 7 heteroatoms. The van der Waals surface area contributed by atoms with E-state index in [4.69, 9.17) is 4.42 Å². The summed E-state index contributed by atoms with van der Waals surface area (Å²) in [6.07, 6.45) is 0. The van der Waals surface area contributed by atoms with Gasteiger partial charge in [-0.15, -0.1) is 21.5 Å². The van der Waals surface area contributed by atoms with Crippen molar-refractivity contribution in [1.82, 2.24) is 20.0 Å². The van der Waals surface area contributed by atoms with Crippen molar-refractivity contribution >= 4 is 17.2 Å². The normalized spacial score (nSPS) is 17.9. The first-order chi connectivity index (χ1) is 10.1. The summed E-state index contributed by atoms with van der Waals surface area (Å²) >= 11 is 1.59. The topological polar surface area (TPSA) is 62.5 Å². The van der Waals surface area contributed by atoms with E-state index in [0.717, 1.165) is 31.1 Å². The number of rotatable bonds is 3. The predicted octanol–water partition coefficient (Wildman–Crippen LogP) is 2.02. The number of piperazine rings is 1. The van der Waals surface area contributed by atoms with E-state index in [0.29, 0.717) is 11.8 Å². The van der Waals surface area contributed by atoms with Gasteiger partial charge < -0.3 is 9.32 Å². The highest BCUT2D eigenvalue weighted by molar-refractivity contribution is 7.13.